The largest absolute Gasteiger partial charge is 0.311 e. The van der Waals surface area contributed by atoms with Crippen LogP contribution in [0.3, 0.4) is 0 Å². The lowest BCUT2D eigenvalue weighted by atomic mass is 9.96. The van der Waals surface area contributed by atoms with Crippen molar-refractivity contribution in [3.8, 4) is 0 Å². The van der Waals surface area contributed by atoms with Gasteiger partial charge in [-0.3, -0.25) is 0 Å². The number of rotatable bonds is 8. The fourth-order valence-corrected chi connectivity index (χ4v) is 2.70. The molecule has 0 aliphatic carbocycles. The van der Waals surface area contributed by atoms with Crippen molar-refractivity contribution in [3.05, 3.63) is 34.3 Å². The molecule has 0 saturated heterocycles. The lowest BCUT2D eigenvalue weighted by Gasteiger charge is -2.24. The molecule has 1 aromatic carbocycles. The predicted octanol–water partition coefficient (Wildman–Crippen LogP) is 5.18. The molecule has 19 heavy (non-hydrogen) atoms. The molecule has 0 aliphatic rings. The van der Waals surface area contributed by atoms with Crippen LogP contribution in [0.1, 0.15) is 52.5 Å². The van der Waals surface area contributed by atoms with E-state index in [4.69, 9.17) is 0 Å². The van der Waals surface area contributed by atoms with Crippen molar-refractivity contribution < 1.29 is 0 Å². The molecule has 0 saturated carbocycles. The molecule has 0 fully saturated rings. The zero-order valence-corrected chi connectivity index (χ0v) is 14.3. The average molecular weight is 326 g/mol. The van der Waals surface area contributed by atoms with Gasteiger partial charge >= 0.3 is 0 Å². The van der Waals surface area contributed by atoms with E-state index in [1.54, 1.807) is 0 Å². The van der Waals surface area contributed by atoms with E-state index in [1.807, 2.05) is 0 Å². The van der Waals surface area contributed by atoms with Gasteiger partial charge in [0.2, 0.25) is 0 Å². The summed E-state index contributed by atoms with van der Waals surface area (Å²) in [5.74, 6) is 0.817. The molecule has 1 rings (SSSR count). The van der Waals surface area contributed by atoms with E-state index < -0.39 is 0 Å². The maximum Gasteiger partial charge on any atom is 0.0175 e. The Balaban J connectivity index is 2.44. The Kier molecular flexibility index (Phi) is 7.70. The summed E-state index contributed by atoms with van der Waals surface area (Å²) in [6.07, 6.45) is 4.89. The normalized spacial score (nSPS) is 16.1. The molecule has 2 heteroatoms. The van der Waals surface area contributed by atoms with Gasteiger partial charge < -0.3 is 5.32 Å². The zero-order chi connectivity index (χ0) is 14.3. The van der Waals surface area contributed by atoms with Gasteiger partial charge in [0.15, 0.2) is 0 Å². The van der Waals surface area contributed by atoms with Gasteiger partial charge in [-0.05, 0) is 49.8 Å². The molecule has 0 spiro atoms. The number of benzene rings is 1. The Morgan fingerprint density at radius 1 is 1.05 bits per heavy atom. The molecule has 1 nitrogen and oxygen atoms in total. The molecular weight excluding hydrogens is 298 g/mol. The summed E-state index contributed by atoms with van der Waals surface area (Å²) in [6.45, 7) is 9.21. The summed E-state index contributed by atoms with van der Waals surface area (Å²) < 4.78 is 1.15. The minimum atomic E-state index is 0.537. The summed E-state index contributed by atoms with van der Waals surface area (Å²) in [7, 11) is 0. The fourth-order valence-electron chi connectivity index (χ4n) is 2.44. The van der Waals surface area contributed by atoms with Gasteiger partial charge in [-0.1, -0.05) is 55.3 Å². The number of hydrogen-bond acceptors (Lipinski definition) is 1. The van der Waals surface area contributed by atoms with Gasteiger partial charge in [0.25, 0.3) is 0 Å². The third-order valence-electron chi connectivity index (χ3n) is 3.85. The molecule has 1 aromatic rings. The highest BCUT2D eigenvalue weighted by atomic mass is 79.9. The lowest BCUT2D eigenvalue weighted by Crippen LogP contribution is -2.38. The first-order chi connectivity index (χ1) is 9.05. The zero-order valence-electron chi connectivity index (χ0n) is 12.7. The van der Waals surface area contributed by atoms with E-state index in [9.17, 15) is 0 Å². The van der Waals surface area contributed by atoms with Crippen molar-refractivity contribution in [1.29, 1.82) is 0 Å². The van der Waals surface area contributed by atoms with Crippen LogP contribution in [0.2, 0.25) is 0 Å². The molecule has 0 aromatic heterocycles. The van der Waals surface area contributed by atoms with Crippen LogP contribution in [-0.4, -0.2) is 12.1 Å². The Morgan fingerprint density at radius 2 is 1.68 bits per heavy atom. The second kappa shape index (κ2) is 8.76. The van der Waals surface area contributed by atoms with Crippen molar-refractivity contribution in [2.24, 2.45) is 5.92 Å². The van der Waals surface area contributed by atoms with Crippen LogP contribution in [0.25, 0.3) is 0 Å². The standard InChI is InChI=1S/C17H28BrN/c1-5-13(3)11-17(6-2)19-14(4)12-15-7-9-16(18)10-8-15/h7-10,13-14,17,19H,5-6,11-12H2,1-4H3. The van der Waals surface area contributed by atoms with Crippen molar-refractivity contribution in [2.75, 3.05) is 0 Å². The molecular formula is C17H28BrN. The molecule has 1 N–H and O–H groups in total. The molecule has 0 aliphatic heterocycles. The van der Waals surface area contributed by atoms with E-state index in [-0.39, 0.29) is 0 Å². The fraction of sp³-hybridized carbons (Fsp3) is 0.647. The van der Waals surface area contributed by atoms with Gasteiger partial charge in [-0.25, -0.2) is 0 Å². The van der Waals surface area contributed by atoms with Crippen molar-refractivity contribution in [1.82, 2.24) is 5.32 Å². The summed E-state index contributed by atoms with van der Waals surface area (Å²) in [6, 6.07) is 9.85. The quantitative estimate of drug-likeness (QED) is 0.694. The van der Waals surface area contributed by atoms with Crippen LogP contribution in [0.15, 0.2) is 28.7 Å². The summed E-state index contributed by atoms with van der Waals surface area (Å²) in [5, 5.41) is 3.78. The first-order valence-corrected chi connectivity index (χ1v) is 8.34. The van der Waals surface area contributed by atoms with E-state index in [2.05, 4.69) is 73.2 Å². The third kappa shape index (κ3) is 6.58. The second-order valence-corrected chi connectivity index (χ2v) is 6.67. The molecule has 108 valence electrons. The third-order valence-corrected chi connectivity index (χ3v) is 4.38. The number of nitrogens with one attached hydrogen (secondary N) is 1. The lowest BCUT2D eigenvalue weighted by molar-refractivity contribution is 0.355. The molecule has 3 atom stereocenters. The first kappa shape index (κ1) is 16.7. The topological polar surface area (TPSA) is 12.0 Å². The Morgan fingerprint density at radius 3 is 2.21 bits per heavy atom. The van der Waals surface area contributed by atoms with Gasteiger partial charge in [-0.2, -0.15) is 0 Å². The van der Waals surface area contributed by atoms with Crippen LogP contribution in [0, 0.1) is 5.92 Å². The SMILES string of the molecule is CCC(C)CC(CC)NC(C)Cc1ccc(Br)cc1. The van der Waals surface area contributed by atoms with Crippen molar-refractivity contribution in [2.45, 2.75) is 65.5 Å². The maximum absolute atomic E-state index is 3.78. The Hall–Kier alpha value is -0.340. The van der Waals surface area contributed by atoms with E-state index in [0.717, 1.165) is 16.8 Å². The first-order valence-electron chi connectivity index (χ1n) is 7.55. The number of halogens is 1. The van der Waals surface area contributed by atoms with Gasteiger partial charge in [0.1, 0.15) is 0 Å². The second-order valence-electron chi connectivity index (χ2n) is 5.75. The van der Waals surface area contributed by atoms with Gasteiger partial charge in [-0.15, -0.1) is 0 Å². The maximum atomic E-state index is 3.78. The highest BCUT2D eigenvalue weighted by molar-refractivity contribution is 9.10. The van der Waals surface area contributed by atoms with Gasteiger partial charge in [0.05, 0.1) is 0 Å². The van der Waals surface area contributed by atoms with E-state index in [0.29, 0.717) is 12.1 Å². The Bertz CT molecular complexity index is 347. The van der Waals surface area contributed by atoms with Crippen molar-refractivity contribution in [3.63, 3.8) is 0 Å². The molecule has 0 heterocycles. The van der Waals surface area contributed by atoms with Crippen LogP contribution >= 0.6 is 15.9 Å². The Labute approximate surface area is 127 Å². The summed E-state index contributed by atoms with van der Waals surface area (Å²) in [5.41, 5.74) is 1.40. The van der Waals surface area contributed by atoms with Crippen LogP contribution in [-0.2, 0) is 6.42 Å². The molecule has 3 unspecified atom stereocenters. The number of hydrogen-bond donors (Lipinski definition) is 1. The highest BCUT2D eigenvalue weighted by Crippen LogP contribution is 2.15. The predicted molar refractivity (Wildman–Crippen MR) is 88.6 cm³/mol. The highest BCUT2D eigenvalue weighted by Gasteiger charge is 2.13. The molecule has 0 radical (unpaired) electrons. The smallest absolute Gasteiger partial charge is 0.0175 e. The minimum Gasteiger partial charge on any atom is -0.311 e. The molecule has 0 bridgehead atoms. The summed E-state index contributed by atoms with van der Waals surface area (Å²) >= 11 is 3.48. The van der Waals surface area contributed by atoms with Crippen LogP contribution in [0.5, 0.6) is 0 Å². The van der Waals surface area contributed by atoms with Crippen LogP contribution in [0.4, 0.5) is 0 Å². The monoisotopic (exact) mass is 325 g/mol. The van der Waals surface area contributed by atoms with E-state index >= 15 is 0 Å². The summed E-state index contributed by atoms with van der Waals surface area (Å²) in [4.78, 5) is 0. The van der Waals surface area contributed by atoms with Crippen LogP contribution < -0.4 is 5.32 Å². The van der Waals surface area contributed by atoms with E-state index in [1.165, 1.54) is 24.8 Å². The average Bonchev–Trinajstić information content (AvgIpc) is 2.40. The molecule has 0 amide bonds. The van der Waals surface area contributed by atoms with Gasteiger partial charge in [0, 0.05) is 16.6 Å². The van der Waals surface area contributed by atoms with Crippen molar-refractivity contribution >= 4 is 15.9 Å². The minimum absolute atomic E-state index is 0.537.